The summed E-state index contributed by atoms with van der Waals surface area (Å²) in [6.07, 6.45) is 1.47. The lowest BCUT2D eigenvalue weighted by Crippen LogP contribution is -2.26. The maximum absolute atomic E-state index is 11.7. The molecule has 110 valence electrons. The lowest BCUT2D eigenvalue weighted by molar-refractivity contribution is -0.119. The number of nitrogens with zero attached hydrogens (tertiary/aromatic N) is 1. The fraction of sp³-hybridized carbons (Fsp3) is 0.250. The first-order valence-corrected chi connectivity index (χ1v) is 6.74. The minimum atomic E-state index is -0.213. The number of hydrogen-bond donors (Lipinski definition) is 2. The fourth-order valence-electron chi connectivity index (χ4n) is 1.92. The van der Waals surface area contributed by atoms with Gasteiger partial charge in [-0.2, -0.15) is 5.10 Å². The van der Waals surface area contributed by atoms with Gasteiger partial charge in [0.2, 0.25) is 0 Å². The van der Waals surface area contributed by atoms with E-state index in [-0.39, 0.29) is 12.5 Å². The summed E-state index contributed by atoms with van der Waals surface area (Å²) in [5.41, 5.74) is 5.70. The zero-order valence-electron chi connectivity index (χ0n) is 12.4. The zero-order chi connectivity index (χ0) is 15.2. The van der Waals surface area contributed by atoms with Crippen molar-refractivity contribution in [3.63, 3.8) is 0 Å². The maximum atomic E-state index is 11.7. The molecule has 0 atom stereocenters. The standard InChI is InChI=1S/C16H19N3O2/c1-11-4-7-15(12(2)8-11)17-10-16(20)19-18-9-14-6-5-13(3)21-14/h4-9,17H,10H2,1-3H3,(H,19,20). The molecule has 2 rings (SSSR count). The van der Waals surface area contributed by atoms with Crippen LogP contribution in [0.5, 0.6) is 0 Å². The molecule has 2 N–H and O–H groups in total. The molecule has 0 aliphatic heterocycles. The van der Waals surface area contributed by atoms with Gasteiger partial charge in [-0.1, -0.05) is 17.7 Å². The molecule has 5 nitrogen and oxygen atoms in total. The molecule has 0 spiro atoms. The molecule has 1 heterocycles. The van der Waals surface area contributed by atoms with Crippen molar-refractivity contribution in [2.24, 2.45) is 5.10 Å². The minimum absolute atomic E-state index is 0.165. The molecular weight excluding hydrogens is 266 g/mol. The van der Waals surface area contributed by atoms with Gasteiger partial charge in [-0.3, -0.25) is 4.79 Å². The van der Waals surface area contributed by atoms with E-state index >= 15 is 0 Å². The van der Waals surface area contributed by atoms with E-state index in [1.165, 1.54) is 11.8 Å². The number of furan rings is 1. The van der Waals surface area contributed by atoms with Crippen LogP contribution in [0, 0.1) is 20.8 Å². The Labute approximate surface area is 124 Å². The third-order valence-corrected chi connectivity index (χ3v) is 2.96. The van der Waals surface area contributed by atoms with Crippen LogP contribution in [0.1, 0.15) is 22.6 Å². The molecule has 0 bridgehead atoms. The quantitative estimate of drug-likeness (QED) is 0.655. The van der Waals surface area contributed by atoms with Gasteiger partial charge in [0.15, 0.2) is 0 Å². The first kappa shape index (κ1) is 14.8. The van der Waals surface area contributed by atoms with Gasteiger partial charge >= 0.3 is 0 Å². The number of carbonyl (C=O) groups excluding carboxylic acids is 1. The van der Waals surface area contributed by atoms with E-state index in [1.54, 1.807) is 6.07 Å². The second-order valence-electron chi connectivity index (χ2n) is 4.91. The van der Waals surface area contributed by atoms with Crippen molar-refractivity contribution >= 4 is 17.8 Å². The van der Waals surface area contributed by atoms with E-state index in [0.29, 0.717) is 5.76 Å². The summed E-state index contributed by atoms with van der Waals surface area (Å²) in [4.78, 5) is 11.7. The lowest BCUT2D eigenvalue weighted by atomic mass is 10.1. The van der Waals surface area contributed by atoms with Gasteiger partial charge in [0.1, 0.15) is 11.5 Å². The summed E-state index contributed by atoms with van der Waals surface area (Å²) in [6, 6.07) is 9.67. The average Bonchev–Trinajstić information content (AvgIpc) is 2.83. The summed E-state index contributed by atoms with van der Waals surface area (Å²) < 4.78 is 5.31. The molecular formula is C16H19N3O2. The fourth-order valence-corrected chi connectivity index (χ4v) is 1.92. The van der Waals surface area contributed by atoms with Crippen LogP contribution >= 0.6 is 0 Å². The van der Waals surface area contributed by atoms with Gasteiger partial charge in [0, 0.05) is 5.69 Å². The average molecular weight is 285 g/mol. The van der Waals surface area contributed by atoms with Crippen LogP contribution in [-0.2, 0) is 4.79 Å². The predicted octanol–water partition coefficient (Wildman–Crippen LogP) is 2.77. The summed E-state index contributed by atoms with van der Waals surface area (Å²) in [5, 5.41) is 6.93. The molecule has 5 heteroatoms. The van der Waals surface area contributed by atoms with Crippen LogP contribution in [0.2, 0.25) is 0 Å². The van der Waals surface area contributed by atoms with Crippen LogP contribution in [0.25, 0.3) is 0 Å². The van der Waals surface area contributed by atoms with E-state index in [2.05, 4.69) is 21.9 Å². The number of benzene rings is 1. The molecule has 21 heavy (non-hydrogen) atoms. The Morgan fingerprint density at radius 3 is 2.71 bits per heavy atom. The lowest BCUT2D eigenvalue weighted by Gasteiger charge is -2.09. The Hall–Kier alpha value is -2.56. The van der Waals surface area contributed by atoms with Crippen LogP contribution in [0.4, 0.5) is 5.69 Å². The molecule has 0 unspecified atom stereocenters. The Balaban J connectivity index is 1.81. The number of carbonyl (C=O) groups is 1. The third-order valence-electron chi connectivity index (χ3n) is 2.96. The molecule has 1 aromatic heterocycles. The topological polar surface area (TPSA) is 66.6 Å². The summed E-state index contributed by atoms with van der Waals surface area (Å²) in [5.74, 6) is 1.20. The first-order valence-electron chi connectivity index (χ1n) is 6.74. The van der Waals surface area contributed by atoms with E-state index in [1.807, 2.05) is 39.0 Å². The highest BCUT2D eigenvalue weighted by Gasteiger charge is 2.02. The van der Waals surface area contributed by atoms with E-state index in [4.69, 9.17) is 4.42 Å². The molecule has 0 aliphatic rings. The molecule has 0 saturated heterocycles. The number of nitrogens with one attached hydrogen (secondary N) is 2. The molecule has 2 aromatic rings. The Kier molecular flexibility index (Phi) is 4.77. The molecule has 0 aliphatic carbocycles. The normalized spacial score (nSPS) is 10.8. The number of aryl methyl sites for hydroxylation is 3. The number of hydrazone groups is 1. The molecule has 0 saturated carbocycles. The largest absolute Gasteiger partial charge is 0.460 e. The monoisotopic (exact) mass is 285 g/mol. The second-order valence-corrected chi connectivity index (χ2v) is 4.91. The van der Waals surface area contributed by atoms with E-state index in [9.17, 15) is 4.79 Å². The summed E-state index contributed by atoms with van der Waals surface area (Å²) >= 11 is 0. The Morgan fingerprint density at radius 2 is 2.05 bits per heavy atom. The van der Waals surface area contributed by atoms with Crippen molar-refractivity contribution in [1.29, 1.82) is 0 Å². The van der Waals surface area contributed by atoms with Crippen molar-refractivity contribution in [3.8, 4) is 0 Å². The molecule has 0 radical (unpaired) electrons. The third kappa shape index (κ3) is 4.49. The highest BCUT2D eigenvalue weighted by Crippen LogP contribution is 2.15. The number of hydrogen-bond acceptors (Lipinski definition) is 4. The Bertz CT molecular complexity index is 659. The van der Waals surface area contributed by atoms with Crippen LogP contribution in [0.3, 0.4) is 0 Å². The summed E-state index contributed by atoms with van der Waals surface area (Å²) in [6.45, 7) is 6.06. The van der Waals surface area contributed by atoms with Gasteiger partial charge in [0.05, 0.1) is 12.8 Å². The van der Waals surface area contributed by atoms with Crippen LogP contribution in [0.15, 0.2) is 39.9 Å². The number of anilines is 1. The van der Waals surface area contributed by atoms with Crippen molar-refractivity contribution in [2.75, 3.05) is 11.9 Å². The minimum Gasteiger partial charge on any atom is -0.460 e. The molecule has 1 aromatic carbocycles. The number of amides is 1. The van der Waals surface area contributed by atoms with Crippen molar-refractivity contribution in [3.05, 3.63) is 53.0 Å². The first-order chi connectivity index (χ1) is 10.0. The second kappa shape index (κ2) is 6.74. The van der Waals surface area contributed by atoms with Crippen molar-refractivity contribution in [2.45, 2.75) is 20.8 Å². The maximum Gasteiger partial charge on any atom is 0.259 e. The van der Waals surface area contributed by atoms with Gasteiger partial charge in [-0.15, -0.1) is 0 Å². The molecule has 0 fully saturated rings. The van der Waals surface area contributed by atoms with Crippen LogP contribution < -0.4 is 10.7 Å². The van der Waals surface area contributed by atoms with E-state index in [0.717, 1.165) is 17.0 Å². The van der Waals surface area contributed by atoms with Gasteiger partial charge < -0.3 is 9.73 Å². The van der Waals surface area contributed by atoms with E-state index < -0.39 is 0 Å². The number of rotatable bonds is 5. The predicted molar refractivity (Wildman–Crippen MR) is 83.6 cm³/mol. The SMILES string of the molecule is Cc1ccc(NCC(=O)NN=Cc2ccc(C)o2)c(C)c1. The zero-order valence-corrected chi connectivity index (χ0v) is 12.4. The van der Waals surface area contributed by atoms with Gasteiger partial charge in [0.25, 0.3) is 5.91 Å². The smallest absolute Gasteiger partial charge is 0.259 e. The van der Waals surface area contributed by atoms with Gasteiger partial charge in [-0.25, -0.2) is 5.43 Å². The van der Waals surface area contributed by atoms with Gasteiger partial charge in [-0.05, 0) is 44.5 Å². The summed E-state index contributed by atoms with van der Waals surface area (Å²) in [7, 11) is 0. The van der Waals surface area contributed by atoms with Crippen LogP contribution in [-0.4, -0.2) is 18.7 Å². The van der Waals surface area contributed by atoms with Crippen molar-refractivity contribution in [1.82, 2.24) is 5.43 Å². The molecule has 1 amide bonds. The highest BCUT2D eigenvalue weighted by molar-refractivity contribution is 5.83. The highest BCUT2D eigenvalue weighted by atomic mass is 16.3. The van der Waals surface area contributed by atoms with Crippen molar-refractivity contribution < 1.29 is 9.21 Å². The Morgan fingerprint density at radius 1 is 1.24 bits per heavy atom.